The maximum atomic E-state index is 12.2. The number of rotatable bonds is 3. The molecule has 1 aliphatic rings. The topological polar surface area (TPSA) is 67.4 Å². The van der Waals surface area contributed by atoms with Crippen molar-refractivity contribution in [2.75, 3.05) is 19.0 Å². The first kappa shape index (κ1) is 13.7. The molecular formula is C13H15ClN2O3. The molecule has 0 saturated carbocycles. The number of halogens is 1. The van der Waals surface area contributed by atoms with Crippen LogP contribution in [-0.2, 0) is 9.59 Å². The van der Waals surface area contributed by atoms with Crippen molar-refractivity contribution >= 4 is 29.1 Å². The summed E-state index contributed by atoms with van der Waals surface area (Å²) in [6.07, 6.45) is 0.197. The molecule has 102 valence electrons. The van der Waals surface area contributed by atoms with Gasteiger partial charge in [-0.1, -0.05) is 11.6 Å². The third-order valence-corrected chi connectivity index (χ3v) is 3.48. The van der Waals surface area contributed by atoms with Gasteiger partial charge < -0.3 is 15.4 Å². The molecule has 1 heterocycles. The van der Waals surface area contributed by atoms with Crippen LogP contribution < -0.4 is 15.4 Å². The van der Waals surface area contributed by atoms with Crippen molar-refractivity contribution in [3.63, 3.8) is 0 Å². The Labute approximate surface area is 116 Å². The number of anilines is 1. The Hall–Kier alpha value is -1.75. The molecule has 0 aromatic heterocycles. The lowest BCUT2D eigenvalue weighted by Crippen LogP contribution is -2.35. The van der Waals surface area contributed by atoms with Crippen molar-refractivity contribution in [3.05, 3.63) is 23.2 Å². The van der Waals surface area contributed by atoms with Gasteiger partial charge in [-0.2, -0.15) is 0 Å². The zero-order valence-electron chi connectivity index (χ0n) is 10.7. The molecule has 2 amide bonds. The van der Waals surface area contributed by atoms with Gasteiger partial charge in [0.1, 0.15) is 5.75 Å². The average Bonchev–Trinajstić information content (AvgIpc) is 2.71. The Morgan fingerprint density at radius 3 is 2.79 bits per heavy atom. The molecule has 1 unspecified atom stereocenters. The summed E-state index contributed by atoms with van der Waals surface area (Å²) in [5.74, 6) is 0.237. The summed E-state index contributed by atoms with van der Waals surface area (Å²) >= 11 is 5.99. The lowest BCUT2D eigenvalue weighted by molar-refractivity contribution is -0.126. The first-order valence-corrected chi connectivity index (χ1v) is 6.24. The number of carbonyl (C=O) groups is 2. The lowest BCUT2D eigenvalue weighted by atomic mass is 9.88. The Morgan fingerprint density at radius 2 is 2.26 bits per heavy atom. The van der Waals surface area contributed by atoms with E-state index in [0.29, 0.717) is 23.0 Å². The lowest BCUT2D eigenvalue weighted by Gasteiger charge is -2.20. The van der Waals surface area contributed by atoms with E-state index in [1.165, 1.54) is 7.11 Å². The van der Waals surface area contributed by atoms with Gasteiger partial charge in [0.2, 0.25) is 11.8 Å². The molecule has 6 heteroatoms. The summed E-state index contributed by atoms with van der Waals surface area (Å²) in [4.78, 5) is 23.4. The first-order chi connectivity index (χ1) is 8.94. The van der Waals surface area contributed by atoms with Gasteiger partial charge in [-0.25, -0.2) is 0 Å². The predicted molar refractivity (Wildman–Crippen MR) is 72.4 cm³/mol. The molecule has 2 N–H and O–H groups in total. The molecule has 0 bridgehead atoms. The monoisotopic (exact) mass is 282 g/mol. The highest BCUT2D eigenvalue weighted by molar-refractivity contribution is 6.32. The molecule has 19 heavy (non-hydrogen) atoms. The number of hydrogen-bond acceptors (Lipinski definition) is 3. The quantitative estimate of drug-likeness (QED) is 0.888. The second kappa shape index (κ2) is 5.09. The minimum atomic E-state index is -0.719. The van der Waals surface area contributed by atoms with Crippen molar-refractivity contribution in [3.8, 4) is 5.75 Å². The van der Waals surface area contributed by atoms with Crippen molar-refractivity contribution in [2.24, 2.45) is 5.41 Å². The highest BCUT2D eigenvalue weighted by atomic mass is 35.5. The van der Waals surface area contributed by atoms with E-state index in [9.17, 15) is 9.59 Å². The van der Waals surface area contributed by atoms with Crippen LogP contribution in [0.2, 0.25) is 5.02 Å². The summed E-state index contributed by atoms with van der Waals surface area (Å²) in [6, 6.07) is 5.00. The third kappa shape index (κ3) is 2.81. The fourth-order valence-corrected chi connectivity index (χ4v) is 2.22. The SMILES string of the molecule is COc1ccc(NC(=O)C2(C)CNC(=O)C2)cc1Cl. The number of amides is 2. The Morgan fingerprint density at radius 1 is 1.53 bits per heavy atom. The van der Waals surface area contributed by atoms with E-state index in [1.807, 2.05) is 0 Å². The fraction of sp³-hybridized carbons (Fsp3) is 0.385. The molecule has 0 radical (unpaired) electrons. The van der Waals surface area contributed by atoms with Crippen LogP contribution in [0.15, 0.2) is 18.2 Å². The van der Waals surface area contributed by atoms with Gasteiger partial charge in [0, 0.05) is 18.7 Å². The molecule has 1 saturated heterocycles. The first-order valence-electron chi connectivity index (χ1n) is 5.86. The molecule has 0 aliphatic carbocycles. The van der Waals surface area contributed by atoms with E-state index in [1.54, 1.807) is 25.1 Å². The molecule has 1 aliphatic heterocycles. The van der Waals surface area contributed by atoms with E-state index in [-0.39, 0.29) is 18.2 Å². The summed E-state index contributed by atoms with van der Waals surface area (Å²) in [6.45, 7) is 2.10. The van der Waals surface area contributed by atoms with Crippen LogP contribution >= 0.6 is 11.6 Å². The summed E-state index contributed by atoms with van der Waals surface area (Å²) in [5.41, 5.74) is -0.139. The maximum absolute atomic E-state index is 12.2. The van der Waals surface area contributed by atoms with Crippen LogP contribution in [0.25, 0.3) is 0 Å². The second-order valence-corrected chi connectivity index (χ2v) is 5.22. The van der Waals surface area contributed by atoms with E-state index in [0.717, 1.165) is 0 Å². The standard InChI is InChI=1S/C13H15ClN2O3/c1-13(6-11(17)15-7-13)12(18)16-8-3-4-10(19-2)9(14)5-8/h3-5H,6-7H2,1-2H3,(H,15,17)(H,16,18). The maximum Gasteiger partial charge on any atom is 0.232 e. The highest BCUT2D eigenvalue weighted by Gasteiger charge is 2.40. The van der Waals surface area contributed by atoms with Crippen molar-refractivity contribution in [1.82, 2.24) is 5.32 Å². The smallest absolute Gasteiger partial charge is 0.232 e. The van der Waals surface area contributed by atoms with Gasteiger partial charge in [-0.3, -0.25) is 9.59 Å². The van der Waals surface area contributed by atoms with Crippen molar-refractivity contribution in [2.45, 2.75) is 13.3 Å². The highest BCUT2D eigenvalue weighted by Crippen LogP contribution is 2.30. The molecule has 1 aromatic carbocycles. The van der Waals surface area contributed by atoms with Gasteiger partial charge in [0.25, 0.3) is 0 Å². The van der Waals surface area contributed by atoms with Crippen LogP contribution in [0.1, 0.15) is 13.3 Å². The minimum Gasteiger partial charge on any atom is -0.495 e. The zero-order chi connectivity index (χ0) is 14.0. The largest absolute Gasteiger partial charge is 0.495 e. The number of nitrogens with one attached hydrogen (secondary N) is 2. The van der Waals surface area contributed by atoms with Crippen LogP contribution in [-0.4, -0.2) is 25.5 Å². The number of methoxy groups -OCH3 is 1. The zero-order valence-corrected chi connectivity index (χ0v) is 11.5. The molecule has 1 atom stereocenters. The van der Waals surface area contributed by atoms with E-state index < -0.39 is 5.41 Å². The van der Waals surface area contributed by atoms with E-state index in [2.05, 4.69) is 10.6 Å². The normalized spacial score (nSPS) is 21.9. The number of carbonyl (C=O) groups excluding carboxylic acids is 2. The average molecular weight is 283 g/mol. The Bertz CT molecular complexity index is 533. The predicted octanol–water partition coefficient (Wildman–Crippen LogP) is 1.81. The summed E-state index contributed by atoms with van der Waals surface area (Å²) in [5, 5.41) is 5.85. The minimum absolute atomic E-state index is 0.106. The van der Waals surface area contributed by atoms with Crippen LogP contribution in [0, 0.1) is 5.41 Å². The molecule has 0 spiro atoms. The van der Waals surface area contributed by atoms with Gasteiger partial charge >= 0.3 is 0 Å². The van der Waals surface area contributed by atoms with Gasteiger partial charge in [0.15, 0.2) is 0 Å². The molecule has 1 aromatic rings. The Kier molecular flexibility index (Phi) is 3.66. The summed E-state index contributed by atoms with van der Waals surface area (Å²) in [7, 11) is 1.52. The van der Waals surface area contributed by atoms with E-state index in [4.69, 9.17) is 16.3 Å². The summed E-state index contributed by atoms with van der Waals surface area (Å²) < 4.78 is 5.04. The number of benzene rings is 1. The van der Waals surface area contributed by atoms with Gasteiger partial charge in [0.05, 0.1) is 17.5 Å². The third-order valence-electron chi connectivity index (χ3n) is 3.18. The van der Waals surface area contributed by atoms with Crippen LogP contribution in [0.4, 0.5) is 5.69 Å². The number of ether oxygens (including phenoxy) is 1. The van der Waals surface area contributed by atoms with E-state index >= 15 is 0 Å². The molecule has 5 nitrogen and oxygen atoms in total. The molecule has 1 fully saturated rings. The Balaban J connectivity index is 2.11. The molecular weight excluding hydrogens is 268 g/mol. The van der Waals surface area contributed by atoms with Crippen LogP contribution in [0.3, 0.4) is 0 Å². The van der Waals surface area contributed by atoms with Gasteiger partial charge in [-0.05, 0) is 25.1 Å². The van der Waals surface area contributed by atoms with Crippen LogP contribution in [0.5, 0.6) is 5.75 Å². The molecule has 2 rings (SSSR count). The second-order valence-electron chi connectivity index (χ2n) is 4.82. The van der Waals surface area contributed by atoms with Gasteiger partial charge in [-0.15, -0.1) is 0 Å². The number of hydrogen-bond donors (Lipinski definition) is 2. The fourth-order valence-electron chi connectivity index (χ4n) is 1.96. The van der Waals surface area contributed by atoms with Crippen molar-refractivity contribution in [1.29, 1.82) is 0 Å². The van der Waals surface area contributed by atoms with Crippen molar-refractivity contribution < 1.29 is 14.3 Å².